The van der Waals surface area contributed by atoms with Crippen LogP contribution in [0.15, 0.2) is 48.5 Å². The second kappa shape index (κ2) is 6.41. The first-order valence-electron chi connectivity index (χ1n) is 7.72. The standard InChI is InChI=1S/C19H20N2O2/c1-19(2)11-17(21-22-13-14-6-4-3-5-7-14)16-10-15(12-20)8-9-18(16)23-19/h3-10,17,21H,11,13H2,1-2H3. The molecule has 0 aliphatic carbocycles. The Bertz CT molecular complexity index is 720. The maximum Gasteiger partial charge on any atom is 0.125 e. The van der Waals surface area contributed by atoms with Crippen LogP contribution in [0.3, 0.4) is 0 Å². The highest BCUT2D eigenvalue weighted by atomic mass is 16.6. The molecule has 4 heteroatoms. The Labute approximate surface area is 136 Å². The number of rotatable bonds is 4. The maximum atomic E-state index is 9.11. The molecule has 3 rings (SSSR count). The summed E-state index contributed by atoms with van der Waals surface area (Å²) in [5.41, 5.74) is 5.57. The summed E-state index contributed by atoms with van der Waals surface area (Å²) < 4.78 is 6.01. The van der Waals surface area contributed by atoms with E-state index in [4.69, 9.17) is 14.8 Å². The quantitative estimate of drug-likeness (QED) is 0.871. The molecule has 0 saturated heterocycles. The maximum absolute atomic E-state index is 9.11. The van der Waals surface area contributed by atoms with Crippen molar-refractivity contribution in [2.24, 2.45) is 0 Å². The molecule has 1 heterocycles. The van der Waals surface area contributed by atoms with E-state index < -0.39 is 0 Å². The molecule has 1 atom stereocenters. The SMILES string of the molecule is CC1(C)CC(NOCc2ccccc2)c2cc(C#N)ccc2O1. The van der Waals surface area contributed by atoms with Crippen molar-refractivity contribution < 1.29 is 9.57 Å². The Hall–Kier alpha value is -2.35. The highest BCUT2D eigenvalue weighted by Crippen LogP contribution is 2.39. The molecule has 1 N–H and O–H groups in total. The largest absolute Gasteiger partial charge is 0.487 e. The number of benzene rings is 2. The van der Waals surface area contributed by atoms with Crippen molar-refractivity contribution >= 4 is 0 Å². The molecular weight excluding hydrogens is 288 g/mol. The van der Waals surface area contributed by atoms with Crippen LogP contribution in [-0.2, 0) is 11.4 Å². The third kappa shape index (κ3) is 3.70. The summed E-state index contributed by atoms with van der Waals surface area (Å²) in [4.78, 5) is 5.69. The van der Waals surface area contributed by atoms with E-state index in [0.29, 0.717) is 12.2 Å². The molecular formula is C19H20N2O2. The number of fused-ring (bicyclic) bond motifs is 1. The van der Waals surface area contributed by atoms with Crippen LogP contribution in [0.5, 0.6) is 5.75 Å². The highest BCUT2D eigenvalue weighted by Gasteiger charge is 2.34. The van der Waals surface area contributed by atoms with Crippen molar-refractivity contribution in [2.75, 3.05) is 0 Å². The lowest BCUT2D eigenvalue weighted by Gasteiger charge is -2.37. The van der Waals surface area contributed by atoms with Gasteiger partial charge in [0.15, 0.2) is 0 Å². The Morgan fingerprint density at radius 1 is 1.26 bits per heavy atom. The summed E-state index contributed by atoms with van der Waals surface area (Å²) in [6.45, 7) is 4.60. The average Bonchev–Trinajstić information content (AvgIpc) is 2.54. The van der Waals surface area contributed by atoms with Crippen LogP contribution in [0.4, 0.5) is 0 Å². The molecule has 0 saturated carbocycles. The molecule has 1 aliphatic rings. The predicted octanol–water partition coefficient (Wildman–Crippen LogP) is 3.88. The Morgan fingerprint density at radius 3 is 2.78 bits per heavy atom. The topological polar surface area (TPSA) is 54.3 Å². The molecule has 0 amide bonds. The fourth-order valence-electron chi connectivity index (χ4n) is 2.83. The number of nitriles is 1. The number of ether oxygens (including phenoxy) is 1. The zero-order valence-corrected chi connectivity index (χ0v) is 13.4. The number of hydrogen-bond donors (Lipinski definition) is 1. The molecule has 1 unspecified atom stereocenters. The van der Waals surface area contributed by atoms with Crippen LogP contribution in [0.2, 0.25) is 0 Å². The fraction of sp³-hybridized carbons (Fsp3) is 0.316. The molecule has 2 aromatic carbocycles. The molecule has 118 valence electrons. The van der Waals surface area contributed by atoms with Gasteiger partial charge in [-0.25, -0.2) is 0 Å². The van der Waals surface area contributed by atoms with Crippen molar-refractivity contribution in [3.8, 4) is 11.8 Å². The summed E-state index contributed by atoms with van der Waals surface area (Å²) in [7, 11) is 0. The van der Waals surface area contributed by atoms with Gasteiger partial charge in [0.1, 0.15) is 11.4 Å². The van der Waals surface area contributed by atoms with Gasteiger partial charge in [-0.05, 0) is 37.6 Å². The van der Waals surface area contributed by atoms with Gasteiger partial charge in [-0.2, -0.15) is 10.7 Å². The third-order valence-corrected chi connectivity index (χ3v) is 3.90. The van der Waals surface area contributed by atoms with Crippen molar-refractivity contribution in [2.45, 2.75) is 38.5 Å². The van der Waals surface area contributed by atoms with Crippen molar-refractivity contribution in [3.05, 3.63) is 65.2 Å². The van der Waals surface area contributed by atoms with Gasteiger partial charge < -0.3 is 4.74 Å². The first-order chi connectivity index (χ1) is 11.1. The van der Waals surface area contributed by atoms with Crippen LogP contribution < -0.4 is 10.2 Å². The molecule has 4 nitrogen and oxygen atoms in total. The molecule has 2 aromatic rings. The van der Waals surface area contributed by atoms with E-state index in [-0.39, 0.29) is 11.6 Å². The van der Waals surface area contributed by atoms with Crippen LogP contribution in [0, 0.1) is 11.3 Å². The summed E-state index contributed by atoms with van der Waals surface area (Å²) in [5.74, 6) is 0.807. The average molecular weight is 308 g/mol. The van der Waals surface area contributed by atoms with Gasteiger partial charge in [0, 0.05) is 12.0 Å². The van der Waals surface area contributed by atoms with E-state index >= 15 is 0 Å². The number of hydroxylamine groups is 1. The molecule has 23 heavy (non-hydrogen) atoms. The molecule has 0 bridgehead atoms. The summed E-state index contributed by atoms with van der Waals surface area (Å²) in [6.07, 6.45) is 0.768. The lowest BCUT2D eigenvalue weighted by molar-refractivity contribution is -0.0300. The second-order valence-corrected chi connectivity index (χ2v) is 6.37. The van der Waals surface area contributed by atoms with E-state index in [1.165, 1.54) is 0 Å². The summed E-state index contributed by atoms with van der Waals surface area (Å²) in [6, 6.07) is 17.7. The van der Waals surface area contributed by atoms with Gasteiger partial charge >= 0.3 is 0 Å². The molecule has 0 aromatic heterocycles. The van der Waals surface area contributed by atoms with E-state index in [0.717, 1.165) is 23.3 Å². The first kappa shape index (κ1) is 15.5. The monoisotopic (exact) mass is 308 g/mol. The number of nitrogens with zero attached hydrogens (tertiary/aromatic N) is 1. The van der Waals surface area contributed by atoms with Crippen molar-refractivity contribution in [1.82, 2.24) is 5.48 Å². The lowest BCUT2D eigenvalue weighted by Crippen LogP contribution is -2.39. The first-order valence-corrected chi connectivity index (χ1v) is 7.72. The van der Waals surface area contributed by atoms with Crippen molar-refractivity contribution in [3.63, 3.8) is 0 Å². The summed E-state index contributed by atoms with van der Waals surface area (Å²) in [5, 5.41) is 9.11. The zero-order valence-electron chi connectivity index (χ0n) is 13.4. The predicted molar refractivity (Wildman–Crippen MR) is 87.6 cm³/mol. The molecule has 0 radical (unpaired) electrons. The Balaban J connectivity index is 1.75. The van der Waals surface area contributed by atoms with Crippen LogP contribution in [-0.4, -0.2) is 5.60 Å². The summed E-state index contributed by atoms with van der Waals surface area (Å²) >= 11 is 0. The zero-order chi connectivity index (χ0) is 16.3. The van der Waals surface area contributed by atoms with Gasteiger partial charge in [-0.15, -0.1) is 0 Å². The molecule has 0 spiro atoms. The van der Waals surface area contributed by atoms with E-state index in [2.05, 4.69) is 25.4 Å². The van der Waals surface area contributed by atoms with Crippen molar-refractivity contribution in [1.29, 1.82) is 5.26 Å². The van der Waals surface area contributed by atoms with E-state index in [1.807, 2.05) is 42.5 Å². The molecule has 1 aliphatic heterocycles. The van der Waals surface area contributed by atoms with Gasteiger partial charge in [0.05, 0.1) is 24.3 Å². The van der Waals surface area contributed by atoms with E-state index in [9.17, 15) is 0 Å². The molecule has 0 fully saturated rings. The Kier molecular flexibility index (Phi) is 4.33. The van der Waals surface area contributed by atoms with Gasteiger partial charge in [-0.1, -0.05) is 30.3 Å². The van der Waals surface area contributed by atoms with Crippen LogP contribution in [0.1, 0.15) is 43.0 Å². The Morgan fingerprint density at radius 2 is 2.04 bits per heavy atom. The minimum absolute atomic E-state index is 0.00855. The number of hydrogen-bond acceptors (Lipinski definition) is 4. The second-order valence-electron chi connectivity index (χ2n) is 6.37. The van der Waals surface area contributed by atoms with Gasteiger partial charge in [0.25, 0.3) is 0 Å². The minimum atomic E-state index is -0.283. The lowest BCUT2D eigenvalue weighted by atomic mass is 9.89. The third-order valence-electron chi connectivity index (χ3n) is 3.90. The normalized spacial score (nSPS) is 18.6. The smallest absolute Gasteiger partial charge is 0.125 e. The fourth-order valence-corrected chi connectivity index (χ4v) is 2.83. The van der Waals surface area contributed by atoms with Gasteiger partial charge in [-0.3, -0.25) is 4.84 Å². The van der Waals surface area contributed by atoms with E-state index in [1.54, 1.807) is 6.07 Å². The highest BCUT2D eigenvalue weighted by molar-refractivity contribution is 5.45. The minimum Gasteiger partial charge on any atom is -0.487 e. The van der Waals surface area contributed by atoms with Gasteiger partial charge in [0.2, 0.25) is 0 Å². The van der Waals surface area contributed by atoms with Crippen LogP contribution in [0.25, 0.3) is 0 Å². The number of nitrogens with one attached hydrogen (secondary N) is 1. The van der Waals surface area contributed by atoms with Crippen LogP contribution >= 0.6 is 0 Å².